The Hall–Kier alpha value is -2.63. The summed E-state index contributed by atoms with van der Waals surface area (Å²) in [5.74, 6) is -0.241. The van der Waals surface area contributed by atoms with Crippen LogP contribution in [0.4, 0.5) is 0 Å². The van der Waals surface area contributed by atoms with Gasteiger partial charge in [-0.25, -0.2) is 4.57 Å². The summed E-state index contributed by atoms with van der Waals surface area (Å²) in [6.07, 6.45) is 43.4. The van der Waals surface area contributed by atoms with Crippen LogP contribution < -0.4 is 0 Å². The van der Waals surface area contributed by atoms with E-state index in [2.05, 4.69) is 43.5 Å². The van der Waals surface area contributed by atoms with Crippen molar-refractivity contribution in [1.29, 1.82) is 0 Å². The van der Waals surface area contributed by atoms with Crippen molar-refractivity contribution in [3.8, 4) is 0 Å². The van der Waals surface area contributed by atoms with E-state index >= 15 is 0 Å². The second kappa shape index (κ2) is 41.7. The first-order valence-corrected chi connectivity index (χ1v) is 24.4. The summed E-state index contributed by atoms with van der Waals surface area (Å²) >= 11 is 0. The maximum Gasteiger partial charge on any atom is 0.472 e. The number of aliphatic hydroxyl groups is 3. The van der Waals surface area contributed by atoms with Crippen LogP contribution in [0, 0.1) is 5.92 Å². The lowest BCUT2D eigenvalue weighted by Crippen LogP contribution is -2.29. The lowest BCUT2D eigenvalue weighted by atomic mass is 10.0. The van der Waals surface area contributed by atoms with Crippen molar-refractivity contribution in [3.63, 3.8) is 0 Å². The van der Waals surface area contributed by atoms with Gasteiger partial charge in [0.1, 0.15) is 12.7 Å². The number of phosphoric ester groups is 1. The molecule has 11 nitrogen and oxygen atoms in total. The van der Waals surface area contributed by atoms with E-state index in [1.165, 1.54) is 70.6 Å². The lowest BCUT2D eigenvalue weighted by Gasteiger charge is -2.20. The summed E-state index contributed by atoms with van der Waals surface area (Å²) in [4.78, 5) is 35.0. The fourth-order valence-corrected chi connectivity index (χ4v) is 6.67. The molecule has 2 unspecified atom stereocenters. The van der Waals surface area contributed by atoms with Gasteiger partial charge in [0.05, 0.1) is 25.9 Å². The number of hydrogen-bond donors (Lipinski definition) is 4. The van der Waals surface area contributed by atoms with E-state index in [0.29, 0.717) is 25.7 Å². The topological polar surface area (TPSA) is 169 Å². The highest BCUT2D eigenvalue weighted by molar-refractivity contribution is 7.47. The maximum absolute atomic E-state index is 12.6. The highest BCUT2D eigenvalue weighted by Gasteiger charge is 2.27. The first-order valence-electron chi connectivity index (χ1n) is 22.9. The van der Waals surface area contributed by atoms with Crippen molar-refractivity contribution >= 4 is 19.8 Å². The minimum absolute atomic E-state index is 0.0910. The molecule has 346 valence electrons. The van der Waals surface area contributed by atoms with E-state index in [1.54, 1.807) is 6.08 Å². The van der Waals surface area contributed by atoms with Crippen LogP contribution in [0.2, 0.25) is 0 Å². The molecule has 60 heavy (non-hydrogen) atoms. The number of unbranched alkanes of at least 4 members (excludes halogenated alkanes) is 13. The second-order valence-electron chi connectivity index (χ2n) is 15.7. The SMILES string of the molecule is CC/C=C\C/C=C\CC(O)/C=C/C=C\C/C=C\C/C=C\CCC(=O)OC[C@H](COP(=O)(O)OC[C@@H](O)CO)OC(=O)CCCCCCCCCCCCCCCCC(C)C. The number of aliphatic hydroxyl groups excluding tert-OH is 3. The van der Waals surface area contributed by atoms with Crippen LogP contribution in [0.15, 0.2) is 72.9 Å². The van der Waals surface area contributed by atoms with E-state index in [4.69, 9.17) is 19.1 Å². The highest BCUT2D eigenvalue weighted by Crippen LogP contribution is 2.43. The molecule has 0 saturated carbocycles. The number of hydrogen-bond acceptors (Lipinski definition) is 10. The highest BCUT2D eigenvalue weighted by atomic mass is 31.2. The van der Waals surface area contributed by atoms with Gasteiger partial charge >= 0.3 is 19.8 Å². The molecule has 0 rings (SSSR count). The summed E-state index contributed by atoms with van der Waals surface area (Å²) in [5, 5.41) is 28.4. The van der Waals surface area contributed by atoms with Crippen LogP contribution in [0.5, 0.6) is 0 Å². The van der Waals surface area contributed by atoms with Gasteiger partial charge in [0.25, 0.3) is 0 Å². The predicted molar refractivity (Wildman–Crippen MR) is 243 cm³/mol. The van der Waals surface area contributed by atoms with E-state index in [9.17, 15) is 29.3 Å². The molecular weight excluding hydrogens is 783 g/mol. The van der Waals surface area contributed by atoms with Gasteiger partial charge in [-0.1, -0.05) is 184 Å². The fourth-order valence-electron chi connectivity index (χ4n) is 5.88. The first-order chi connectivity index (χ1) is 29.0. The van der Waals surface area contributed by atoms with Crippen LogP contribution in [0.1, 0.15) is 168 Å². The van der Waals surface area contributed by atoms with Gasteiger partial charge in [-0.15, -0.1) is 0 Å². The number of esters is 2. The second-order valence-corrected chi connectivity index (χ2v) is 17.2. The Labute approximate surface area is 363 Å². The van der Waals surface area contributed by atoms with Gasteiger partial charge in [-0.2, -0.15) is 0 Å². The molecule has 4 N–H and O–H groups in total. The standard InChI is InChI=1S/C48H83O11P/c1-4-5-6-7-25-30-35-44(50)36-31-26-21-17-14-15-18-22-27-32-37-47(52)56-41-46(42-58-60(54,55)57-40-45(51)39-49)59-48(53)38-33-28-23-19-13-11-9-8-10-12-16-20-24-29-34-43(2)3/h5-6,14-15,21-22,25-27,30-31,36,43-46,49-51H,4,7-13,16-20,23-24,28-29,32-35,37-42H2,1-3H3,(H,54,55)/b6-5-,15-14-,26-21-,27-22-,30-25-,36-31+/t44?,45-,46+/m0/s1. The van der Waals surface area contributed by atoms with Crippen LogP contribution in [-0.2, 0) is 32.7 Å². The molecule has 0 saturated heterocycles. The molecule has 0 aromatic rings. The predicted octanol–water partition coefficient (Wildman–Crippen LogP) is 11.3. The smallest absolute Gasteiger partial charge is 0.462 e. The number of carbonyl (C=O) groups excluding carboxylic acids is 2. The molecule has 0 bridgehead atoms. The molecule has 0 fully saturated rings. The summed E-state index contributed by atoms with van der Waals surface area (Å²) in [6.45, 7) is 4.43. The molecule has 0 aliphatic heterocycles. The Bertz CT molecular complexity index is 1260. The normalized spacial score (nSPS) is 15.1. The van der Waals surface area contributed by atoms with Crippen LogP contribution in [0.25, 0.3) is 0 Å². The van der Waals surface area contributed by atoms with Gasteiger partial charge in [-0.3, -0.25) is 18.6 Å². The zero-order valence-corrected chi connectivity index (χ0v) is 38.3. The molecule has 0 amide bonds. The minimum atomic E-state index is -4.65. The monoisotopic (exact) mass is 867 g/mol. The van der Waals surface area contributed by atoms with Gasteiger partial charge < -0.3 is 29.7 Å². The molecule has 4 atom stereocenters. The first kappa shape index (κ1) is 57.4. The average molecular weight is 867 g/mol. The van der Waals surface area contributed by atoms with E-state index < -0.39 is 57.9 Å². The molecule has 0 aromatic carbocycles. The zero-order valence-electron chi connectivity index (χ0n) is 37.4. The number of allylic oxidation sites excluding steroid dienone is 10. The Kier molecular flexibility index (Phi) is 39.9. The molecule has 0 heterocycles. The van der Waals surface area contributed by atoms with Crippen LogP contribution in [-0.4, -0.2) is 76.9 Å². The van der Waals surface area contributed by atoms with Gasteiger partial charge in [-0.05, 0) is 50.9 Å². The third kappa shape index (κ3) is 42.1. The number of rotatable bonds is 41. The summed E-state index contributed by atoms with van der Waals surface area (Å²) < 4.78 is 32.7. The Morgan fingerprint density at radius 1 is 0.617 bits per heavy atom. The Morgan fingerprint density at radius 3 is 1.75 bits per heavy atom. The van der Waals surface area contributed by atoms with Crippen molar-refractivity contribution < 1.29 is 52.9 Å². The molecule has 0 aliphatic rings. The molecule has 0 aromatic heterocycles. The van der Waals surface area contributed by atoms with Gasteiger partial charge in [0.15, 0.2) is 6.10 Å². The van der Waals surface area contributed by atoms with Gasteiger partial charge in [0, 0.05) is 12.8 Å². The quantitative estimate of drug-likeness (QED) is 0.0152. The van der Waals surface area contributed by atoms with Crippen molar-refractivity contribution in [3.05, 3.63) is 72.9 Å². The molecule has 0 radical (unpaired) electrons. The molecule has 0 aliphatic carbocycles. The summed E-state index contributed by atoms with van der Waals surface area (Å²) in [5.41, 5.74) is 0. The Balaban J connectivity index is 4.44. The molecular formula is C48H83O11P. The van der Waals surface area contributed by atoms with Crippen molar-refractivity contribution in [2.24, 2.45) is 5.92 Å². The lowest BCUT2D eigenvalue weighted by molar-refractivity contribution is -0.161. The largest absolute Gasteiger partial charge is 0.472 e. The van der Waals surface area contributed by atoms with Crippen molar-refractivity contribution in [2.75, 3.05) is 26.4 Å². The maximum atomic E-state index is 12.6. The van der Waals surface area contributed by atoms with Crippen molar-refractivity contribution in [2.45, 2.75) is 187 Å². The molecule has 12 heteroatoms. The van der Waals surface area contributed by atoms with E-state index in [1.807, 2.05) is 48.6 Å². The van der Waals surface area contributed by atoms with Crippen LogP contribution >= 0.6 is 7.82 Å². The minimum Gasteiger partial charge on any atom is -0.462 e. The van der Waals surface area contributed by atoms with Crippen LogP contribution in [0.3, 0.4) is 0 Å². The number of ether oxygens (including phenoxy) is 2. The van der Waals surface area contributed by atoms with E-state index in [-0.39, 0.29) is 19.4 Å². The third-order valence-electron chi connectivity index (χ3n) is 9.40. The van der Waals surface area contributed by atoms with E-state index in [0.717, 1.165) is 44.4 Å². The number of carbonyl (C=O) groups is 2. The average Bonchev–Trinajstić information content (AvgIpc) is 3.22. The molecule has 0 spiro atoms. The van der Waals surface area contributed by atoms with Gasteiger partial charge in [0.2, 0.25) is 0 Å². The zero-order chi connectivity index (χ0) is 44.4. The fraction of sp³-hybridized carbons (Fsp3) is 0.708. The summed E-state index contributed by atoms with van der Waals surface area (Å²) in [7, 11) is -4.65. The third-order valence-corrected chi connectivity index (χ3v) is 10.3. The Morgan fingerprint density at radius 2 is 1.15 bits per heavy atom. The summed E-state index contributed by atoms with van der Waals surface area (Å²) in [6, 6.07) is 0. The van der Waals surface area contributed by atoms with Crippen molar-refractivity contribution in [1.82, 2.24) is 0 Å². The number of phosphoric acid groups is 1.